The smallest absolute Gasteiger partial charge is 0.328 e. The van der Waals surface area contributed by atoms with Crippen LogP contribution in [0, 0.1) is 0 Å². The van der Waals surface area contributed by atoms with Gasteiger partial charge in [-0.15, -0.1) is 0 Å². The molecule has 1 aromatic heterocycles. The number of H-pyrrole nitrogens is 1. The molecule has 0 amide bonds. The van der Waals surface area contributed by atoms with Crippen LogP contribution < -0.4 is 5.69 Å². The van der Waals surface area contributed by atoms with E-state index in [1.807, 2.05) is 0 Å². The molecule has 0 radical (unpaired) electrons. The van der Waals surface area contributed by atoms with Gasteiger partial charge in [-0.3, -0.25) is 4.57 Å². The molecule has 2 rings (SSSR count). The average molecular weight is 589 g/mol. The summed E-state index contributed by atoms with van der Waals surface area (Å²) in [6.07, 6.45) is -0.374. The lowest BCUT2D eigenvalue weighted by Gasteiger charge is -2.44. The molecule has 2 heterocycles. The van der Waals surface area contributed by atoms with E-state index in [0.29, 0.717) is 12.3 Å². The number of hydrogen-bond donors (Lipinski definition) is 2. The highest BCUT2D eigenvalue weighted by atomic mass is 28.4. The van der Waals surface area contributed by atoms with Crippen molar-refractivity contribution in [2.45, 2.75) is 148 Å². The molecule has 0 unspecified atom stereocenters. The van der Waals surface area contributed by atoms with Crippen molar-refractivity contribution in [2.24, 2.45) is 0 Å². The molecule has 1 fully saturated rings. The molecule has 0 aliphatic carbocycles. The summed E-state index contributed by atoms with van der Waals surface area (Å²) < 4.78 is 29.0. The minimum Gasteiger partial charge on any atom is -0.414 e. The van der Waals surface area contributed by atoms with Gasteiger partial charge >= 0.3 is 5.69 Å². The quantitative estimate of drug-likeness (QED) is 0.326. The molecule has 0 bridgehead atoms. The second kappa shape index (κ2) is 11.0. The summed E-state index contributed by atoms with van der Waals surface area (Å²) in [5, 5.41) is 9.67. The second-order valence-corrected chi connectivity index (χ2v) is 29.8. The molecular formula is C27H56N2O6Si3. The first kappa shape index (κ1) is 33.7. The van der Waals surface area contributed by atoms with Crippen molar-refractivity contribution in [3.8, 4) is 0 Å². The number of imidazole rings is 1. The summed E-state index contributed by atoms with van der Waals surface area (Å²) in [5.74, 6) is 0. The topological polar surface area (TPSA) is 94.9 Å². The molecule has 1 aromatic rings. The molecule has 222 valence electrons. The summed E-state index contributed by atoms with van der Waals surface area (Å²) in [4.78, 5) is 15.8. The van der Waals surface area contributed by atoms with E-state index in [9.17, 15) is 9.90 Å². The van der Waals surface area contributed by atoms with Gasteiger partial charge in [-0.2, -0.15) is 0 Å². The van der Waals surface area contributed by atoms with Crippen molar-refractivity contribution in [3.63, 3.8) is 0 Å². The molecule has 8 nitrogen and oxygen atoms in total. The number of nitrogens with zero attached hydrogens (tertiary/aromatic N) is 1. The fraction of sp³-hybridized carbons (Fsp3) is 0.889. The van der Waals surface area contributed by atoms with Crippen LogP contribution in [-0.4, -0.2) is 64.5 Å². The van der Waals surface area contributed by atoms with Gasteiger partial charge in [0.05, 0.1) is 18.9 Å². The van der Waals surface area contributed by atoms with Crippen LogP contribution in [0.3, 0.4) is 0 Å². The molecule has 1 saturated heterocycles. The molecule has 38 heavy (non-hydrogen) atoms. The number of hydrogen-bond acceptors (Lipinski definition) is 6. The Bertz CT molecular complexity index is 998. The third kappa shape index (κ3) is 7.20. The first-order chi connectivity index (χ1) is 16.8. The molecule has 1 aliphatic rings. The predicted octanol–water partition coefficient (Wildman–Crippen LogP) is 6.37. The van der Waals surface area contributed by atoms with Gasteiger partial charge in [0.1, 0.15) is 18.3 Å². The van der Waals surface area contributed by atoms with Crippen LogP contribution >= 0.6 is 0 Å². The first-order valence-corrected chi connectivity index (χ1v) is 22.6. The molecule has 0 aromatic carbocycles. The highest BCUT2D eigenvalue weighted by Gasteiger charge is 2.55. The normalized spacial score (nSPS) is 24.3. The van der Waals surface area contributed by atoms with Gasteiger partial charge in [0.25, 0.3) is 0 Å². The van der Waals surface area contributed by atoms with Gasteiger partial charge in [-0.05, 0) is 54.4 Å². The van der Waals surface area contributed by atoms with Crippen molar-refractivity contribution in [1.82, 2.24) is 9.55 Å². The molecule has 0 spiro atoms. The molecule has 1 aliphatic heterocycles. The summed E-state index contributed by atoms with van der Waals surface area (Å²) in [7, 11) is -6.63. The van der Waals surface area contributed by atoms with E-state index in [1.54, 1.807) is 6.20 Å². The fourth-order valence-electron chi connectivity index (χ4n) is 3.60. The van der Waals surface area contributed by atoms with E-state index < -0.39 is 49.5 Å². The Labute approximate surface area is 234 Å². The SMILES string of the molecule is CC(C)(C)[Si](C)(C)OC[C@H]1O[C@@H](n2cc(CO)[nH]c2=O)[C@H](O[Si](C)(C)C(C)(C)C)[C@@H]1O[Si](C)(C)C(C)(C)C. The van der Waals surface area contributed by atoms with Gasteiger partial charge in [-0.1, -0.05) is 62.3 Å². The van der Waals surface area contributed by atoms with E-state index in [0.717, 1.165) is 0 Å². The lowest BCUT2D eigenvalue weighted by molar-refractivity contribution is -0.0502. The van der Waals surface area contributed by atoms with Gasteiger partial charge in [-0.25, -0.2) is 4.79 Å². The third-order valence-electron chi connectivity index (χ3n) is 9.42. The van der Waals surface area contributed by atoms with Crippen LogP contribution in [0.5, 0.6) is 0 Å². The number of ether oxygens (including phenoxy) is 1. The number of aliphatic hydroxyl groups excluding tert-OH is 1. The maximum Gasteiger partial charge on any atom is 0.328 e. The Morgan fingerprint density at radius 1 is 0.842 bits per heavy atom. The van der Waals surface area contributed by atoms with Crippen molar-refractivity contribution in [1.29, 1.82) is 0 Å². The maximum absolute atomic E-state index is 13.0. The zero-order valence-corrected chi connectivity index (χ0v) is 29.7. The Hall–Kier alpha value is -0.539. The monoisotopic (exact) mass is 588 g/mol. The van der Waals surface area contributed by atoms with Crippen LogP contribution in [0.25, 0.3) is 0 Å². The van der Waals surface area contributed by atoms with E-state index in [1.165, 1.54) is 4.57 Å². The number of nitrogens with one attached hydrogen (secondary N) is 1. The van der Waals surface area contributed by atoms with Gasteiger partial charge in [0.2, 0.25) is 0 Å². The molecule has 4 atom stereocenters. The van der Waals surface area contributed by atoms with Crippen LogP contribution in [0.2, 0.25) is 54.4 Å². The van der Waals surface area contributed by atoms with Gasteiger partial charge in [0.15, 0.2) is 31.2 Å². The van der Waals surface area contributed by atoms with Crippen LogP contribution in [0.4, 0.5) is 0 Å². The van der Waals surface area contributed by atoms with Crippen molar-refractivity contribution in [2.75, 3.05) is 6.61 Å². The van der Waals surface area contributed by atoms with E-state index >= 15 is 0 Å². The van der Waals surface area contributed by atoms with Gasteiger partial charge in [0, 0.05) is 6.20 Å². The van der Waals surface area contributed by atoms with Crippen molar-refractivity contribution in [3.05, 3.63) is 22.4 Å². The summed E-state index contributed by atoms with van der Waals surface area (Å²) in [6.45, 7) is 33.4. The second-order valence-electron chi connectivity index (χ2n) is 15.5. The first-order valence-electron chi connectivity index (χ1n) is 13.9. The largest absolute Gasteiger partial charge is 0.414 e. The zero-order chi connectivity index (χ0) is 29.7. The zero-order valence-electron chi connectivity index (χ0n) is 26.7. The van der Waals surface area contributed by atoms with E-state index in [2.05, 4.69) is 107 Å². The molecular weight excluding hydrogens is 533 g/mol. The average Bonchev–Trinajstić information content (AvgIpc) is 3.23. The standard InChI is InChI=1S/C27H56N2O6Si3/c1-25(2,3)36(10,11)32-18-20-21(34-37(12,13)26(4,5)6)22(35-38(14,15)27(7,8)9)23(33-20)29-16-19(17-30)28-24(29)31/h16,20-23,30H,17-18H2,1-15H3,(H,28,31)/t20-,21-,22-,23-/m1/s1. The highest BCUT2D eigenvalue weighted by molar-refractivity contribution is 6.75. The third-order valence-corrected chi connectivity index (χ3v) is 22.9. The lowest BCUT2D eigenvalue weighted by Crippen LogP contribution is -2.54. The molecule has 2 N–H and O–H groups in total. The predicted molar refractivity (Wildman–Crippen MR) is 162 cm³/mol. The number of aromatic amines is 1. The Kier molecular flexibility index (Phi) is 9.78. The van der Waals surface area contributed by atoms with Crippen LogP contribution in [-0.2, 0) is 24.6 Å². The van der Waals surface area contributed by atoms with Gasteiger partial charge < -0.3 is 28.1 Å². The molecule has 0 saturated carbocycles. The number of aromatic nitrogens is 2. The Morgan fingerprint density at radius 2 is 1.29 bits per heavy atom. The molecule has 11 heteroatoms. The van der Waals surface area contributed by atoms with Crippen LogP contribution in [0.1, 0.15) is 74.2 Å². The summed E-state index contributed by atoms with van der Waals surface area (Å²) in [6, 6.07) is 0. The Morgan fingerprint density at radius 3 is 1.68 bits per heavy atom. The van der Waals surface area contributed by atoms with E-state index in [4.69, 9.17) is 18.0 Å². The van der Waals surface area contributed by atoms with E-state index in [-0.39, 0.29) is 27.4 Å². The summed E-state index contributed by atoms with van der Waals surface area (Å²) >= 11 is 0. The minimum atomic E-state index is -2.30. The fourth-order valence-corrected chi connectivity index (χ4v) is 7.22. The van der Waals surface area contributed by atoms with Crippen molar-refractivity contribution < 1.29 is 23.1 Å². The maximum atomic E-state index is 13.0. The van der Waals surface area contributed by atoms with Crippen LogP contribution in [0.15, 0.2) is 11.0 Å². The Balaban J connectivity index is 2.63. The highest BCUT2D eigenvalue weighted by Crippen LogP contribution is 2.46. The minimum absolute atomic E-state index is 0.0214. The number of aliphatic hydroxyl groups is 1. The number of rotatable bonds is 9. The lowest BCUT2D eigenvalue weighted by atomic mass is 10.1. The summed E-state index contributed by atoms with van der Waals surface area (Å²) in [5.41, 5.74) is 0.104. The van der Waals surface area contributed by atoms with Crippen molar-refractivity contribution >= 4 is 25.0 Å².